The Hall–Kier alpha value is -1.65. The number of hydrogen-bond acceptors (Lipinski definition) is 3. The Morgan fingerprint density at radius 1 is 1.22 bits per heavy atom. The summed E-state index contributed by atoms with van der Waals surface area (Å²) in [5, 5.41) is 3.60. The smallest absolute Gasteiger partial charge is 0.234 e. The lowest BCUT2D eigenvalue weighted by atomic mass is 10.2. The Labute approximate surface area is 146 Å². The molecular weight excluding hydrogens is 330 g/mol. The number of benzene rings is 2. The maximum atomic E-state index is 11.8. The molecule has 5 heteroatoms. The van der Waals surface area contributed by atoms with Crippen molar-refractivity contribution in [2.24, 2.45) is 0 Å². The van der Waals surface area contributed by atoms with E-state index >= 15 is 0 Å². The van der Waals surface area contributed by atoms with Gasteiger partial charge in [0.1, 0.15) is 5.75 Å². The van der Waals surface area contributed by atoms with Crippen molar-refractivity contribution in [1.82, 2.24) is 0 Å². The minimum absolute atomic E-state index is 0.0271. The van der Waals surface area contributed by atoms with Gasteiger partial charge in [-0.2, -0.15) is 11.8 Å². The second kappa shape index (κ2) is 9.48. The molecule has 2 aromatic carbocycles. The van der Waals surface area contributed by atoms with Gasteiger partial charge in [0.25, 0.3) is 0 Å². The quantitative estimate of drug-likeness (QED) is 0.696. The highest BCUT2D eigenvalue weighted by molar-refractivity contribution is 7.99. The molecule has 1 N–H and O–H groups in total. The van der Waals surface area contributed by atoms with Crippen LogP contribution in [-0.4, -0.2) is 24.0 Å². The number of rotatable bonds is 8. The molecule has 0 atom stereocenters. The standard InChI is InChI=1S/C18H20ClNO2S/c1-14-4-2-5-16(12-14)20-18(21)13-23-11-3-10-22-17-8-6-15(19)7-9-17/h2,4-9,12H,3,10-11,13H2,1H3,(H,20,21). The summed E-state index contributed by atoms with van der Waals surface area (Å²) in [6.07, 6.45) is 0.894. The fourth-order valence-corrected chi connectivity index (χ4v) is 2.82. The van der Waals surface area contributed by atoms with Gasteiger partial charge in [0.2, 0.25) is 5.91 Å². The van der Waals surface area contributed by atoms with Gasteiger partial charge in [0.15, 0.2) is 0 Å². The lowest BCUT2D eigenvalue weighted by Crippen LogP contribution is -2.14. The third kappa shape index (κ3) is 6.97. The molecule has 0 aliphatic heterocycles. The van der Waals surface area contributed by atoms with Gasteiger partial charge in [-0.1, -0.05) is 23.7 Å². The summed E-state index contributed by atoms with van der Waals surface area (Å²) in [5.74, 6) is 2.18. The van der Waals surface area contributed by atoms with Crippen LogP contribution in [-0.2, 0) is 4.79 Å². The SMILES string of the molecule is Cc1cccc(NC(=O)CSCCCOc2ccc(Cl)cc2)c1. The number of thioether (sulfide) groups is 1. The van der Waals surface area contributed by atoms with Gasteiger partial charge in [0.05, 0.1) is 12.4 Å². The number of hydrogen-bond donors (Lipinski definition) is 1. The van der Waals surface area contributed by atoms with Crippen LogP contribution in [0.1, 0.15) is 12.0 Å². The Kier molecular flexibility index (Phi) is 7.30. The zero-order valence-corrected chi connectivity index (χ0v) is 14.6. The molecule has 0 heterocycles. The van der Waals surface area contributed by atoms with Gasteiger partial charge < -0.3 is 10.1 Å². The van der Waals surface area contributed by atoms with Crippen LogP contribution in [0, 0.1) is 6.92 Å². The van der Waals surface area contributed by atoms with Gasteiger partial charge in [-0.25, -0.2) is 0 Å². The molecule has 2 rings (SSSR count). The molecular formula is C18H20ClNO2S. The molecule has 0 aliphatic carbocycles. The van der Waals surface area contributed by atoms with Crippen molar-refractivity contribution in [3.05, 3.63) is 59.1 Å². The number of amides is 1. The van der Waals surface area contributed by atoms with Crippen molar-refractivity contribution in [3.8, 4) is 5.75 Å². The predicted molar refractivity (Wildman–Crippen MR) is 98.7 cm³/mol. The molecule has 0 aromatic heterocycles. The van der Waals surface area contributed by atoms with E-state index in [4.69, 9.17) is 16.3 Å². The molecule has 0 radical (unpaired) electrons. The van der Waals surface area contributed by atoms with Gasteiger partial charge in [-0.3, -0.25) is 4.79 Å². The monoisotopic (exact) mass is 349 g/mol. The van der Waals surface area contributed by atoms with Crippen LogP contribution in [0.3, 0.4) is 0 Å². The highest BCUT2D eigenvalue weighted by atomic mass is 35.5. The first-order valence-corrected chi connectivity index (χ1v) is 8.99. The Morgan fingerprint density at radius 2 is 2.00 bits per heavy atom. The zero-order valence-electron chi connectivity index (χ0n) is 13.0. The van der Waals surface area contributed by atoms with Crippen LogP contribution in [0.25, 0.3) is 0 Å². The van der Waals surface area contributed by atoms with Crippen molar-refractivity contribution in [3.63, 3.8) is 0 Å². The van der Waals surface area contributed by atoms with Gasteiger partial charge in [-0.15, -0.1) is 0 Å². The molecule has 0 bridgehead atoms. The Bertz CT molecular complexity index is 631. The molecule has 2 aromatic rings. The minimum atomic E-state index is 0.0271. The maximum absolute atomic E-state index is 11.8. The van der Waals surface area contributed by atoms with E-state index in [9.17, 15) is 4.79 Å². The maximum Gasteiger partial charge on any atom is 0.234 e. The first-order chi connectivity index (χ1) is 11.1. The summed E-state index contributed by atoms with van der Waals surface area (Å²) in [5.41, 5.74) is 1.98. The topological polar surface area (TPSA) is 38.3 Å². The molecule has 0 saturated carbocycles. The fraction of sp³-hybridized carbons (Fsp3) is 0.278. The first kappa shape index (κ1) is 17.7. The number of aryl methyl sites for hydroxylation is 1. The largest absolute Gasteiger partial charge is 0.494 e. The van der Waals surface area contributed by atoms with Crippen molar-refractivity contribution < 1.29 is 9.53 Å². The summed E-state index contributed by atoms with van der Waals surface area (Å²) in [7, 11) is 0. The van der Waals surface area contributed by atoms with Crippen LogP contribution in [0.15, 0.2) is 48.5 Å². The molecule has 1 amide bonds. The Morgan fingerprint density at radius 3 is 2.74 bits per heavy atom. The summed E-state index contributed by atoms with van der Waals surface area (Å²) in [4.78, 5) is 11.8. The van der Waals surface area contributed by atoms with Gasteiger partial charge in [-0.05, 0) is 61.1 Å². The molecule has 0 saturated heterocycles. The summed E-state index contributed by atoms with van der Waals surface area (Å²) >= 11 is 7.42. The van der Waals surface area contributed by atoms with Crippen LogP contribution < -0.4 is 10.1 Å². The third-order valence-electron chi connectivity index (χ3n) is 3.05. The summed E-state index contributed by atoms with van der Waals surface area (Å²) in [6, 6.07) is 15.1. The van der Waals surface area contributed by atoms with Crippen LogP contribution >= 0.6 is 23.4 Å². The third-order valence-corrected chi connectivity index (χ3v) is 4.35. The summed E-state index contributed by atoms with van der Waals surface area (Å²) < 4.78 is 5.60. The molecule has 0 spiro atoms. The fourth-order valence-electron chi connectivity index (χ4n) is 1.97. The Balaban J connectivity index is 1.56. The van der Waals surface area contributed by atoms with E-state index in [0.29, 0.717) is 17.4 Å². The number of halogens is 1. The van der Waals surface area contributed by atoms with E-state index in [-0.39, 0.29) is 5.91 Å². The van der Waals surface area contributed by atoms with E-state index in [0.717, 1.165) is 29.2 Å². The van der Waals surface area contributed by atoms with Crippen LogP contribution in [0.2, 0.25) is 5.02 Å². The highest BCUT2D eigenvalue weighted by Gasteiger charge is 2.03. The average molecular weight is 350 g/mol. The highest BCUT2D eigenvalue weighted by Crippen LogP contribution is 2.16. The summed E-state index contributed by atoms with van der Waals surface area (Å²) in [6.45, 7) is 2.64. The molecule has 122 valence electrons. The predicted octanol–water partition coefficient (Wildman–Crippen LogP) is 4.79. The molecule has 0 fully saturated rings. The number of carbonyl (C=O) groups excluding carboxylic acids is 1. The molecule has 23 heavy (non-hydrogen) atoms. The van der Waals surface area contributed by atoms with Crippen molar-refractivity contribution in [2.45, 2.75) is 13.3 Å². The van der Waals surface area contributed by atoms with Gasteiger partial charge in [0, 0.05) is 10.7 Å². The lowest BCUT2D eigenvalue weighted by molar-refractivity contribution is -0.113. The minimum Gasteiger partial charge on any atom is -0.494 e. The van der Waals surface area contributed by atoms with E-state index < -0.39 is 0 Å². The lowest BCUT2D eigenvalue weighted by Gasteiger charge is -2.07. The average Bonchev–Trinajstić information content (AvgIpc) is 2.52. The molecule has 0 unspecified atom stereocenters. The zero-order chi connectivity index (χ0) is 16.5. The van der Waals surface area contributed by atoms with Crippen molar-refractivity contribution >= 4 is 35.0 Å². The second-order valence-corrected chi connectivity index (χ2v) is 6.67. The number of ether oxygens (including phenoxy) is 1. The van der Waals surface area contributed by atoms with E-state index in [1.807, 2.05) is 43.3 Å². The molecule has 0 aliphatic rings. The van der Waals surface area contributed by atoms with Gasteiger partial charge >= 0.3 is 0 Å². The van der Waals surface area contributed by atoms with E-state index in [1.54, 1.807) is 23.9 Å². The molecule has 3 nitrogen and oxygen atoms in total. The van der Waals surface area contributed by atoms with Crippen LogP contribution in [0.5, 0.6) is 5.75 Å². The number of anilines is 1. The first-order valence-electron chi connectivity index (χ1n) is 7.46. The van der Waals surface area contributed by atoms with Crippen molar-refractivity contribution in [1.29, 1.82) is 0 Å². The number of nitrogens with one attached hydrogen (secondary N) is 1. The van der Waals surface area contributed by atoms with Crippen molar-refractivity contribution in [2.75, 3.05) is 23.4 Å². The van der Waals surface area contributed by atoms with E-state index in [2.05, 4.69) is 5.32 Å². The van der Waals surface area contributed by atoms with Crippen LogP contribution in [0.4, 0.5) is 5.69 Å². The second-order valence-electron chi connectivity index (χ2n) is 5.13. The number of carbonyl (C=O) groups is 1. The van der Waals surface area contributed by atoms with E-state index in [1.165, 1.54) is 0 Å². The normalized spacial score (nSPS) is 10.3.